The maximum absolute atomic E-state index is 12.5. The largest absolute Gasteiger partial charge is 0.497 e. The van der Waals surface area contributed by atoms with Crippen LogP contribution in [0.25, 0.3) is 6.08 Å². The summed E-state index contributed by atoms with van der Waals surface area (Å²) in [4.78, 5) is 16.4. The minimum Gasteiger partial charge on any atom is -0.497 e. The van der Waals surface area contributed by atoms with Crippen LogP contribution in [-0.4, -0.2) is 63.2 Å². The molecule has 6 nitrogen and oxygen atoms in total. The number of hydrogen-bond acceptors (Lipinski definition) is 5. The van der Waals surface area contributed by atoms with Gasteiger partial charge < -0.3 is 19.3 Å². The van der Waals surface area contributed by atoms with Gasteiger partial charge in [-0.05, 0) is 30.8 Å². The van der Waals surface area contributed by atoms with Crippen molar-refractivity contribution in [1.29, 1.82) is 5.26 Å². The molecule has 1 aliphatic heterocycles. The number of likely N-dealkylation sites (N-methyl/N-ethyl adjacent to an activating group) is 1. The summed E-state index contributed by atoms with van der Waals surface area (Å²) in [7, 11) is 5.14. The third-order valence-corrected chi connectivity index (χ3v) is 3.83. The van der Waals surface area contributed by atoms with E-state index in [1.165, 1.54) is 0 Å². The Balaban J connectivity index is 2.24. The molecule has 0 aliphatic carbocycles. The van der Waals surface area contributed by atoms with E-state index in [2.05, 4.69) is 4.90 Å². The number of rotatable bonds is 4. The Morgan fingerprint density at radius 1 is 1.13 bits per heavy atom. The second kappa shape index (κ2) is 7.65. The number of nitriles is 1. The first-order chi connectivity index (χ1) is 11.1. The summed E-state index contributed by atoms with van der Waals surface area (Å²) in [6, 6.07) is 7.27. The predicted octanol–water partition coefficient (Wildman–Crippen LogP) is 1.38. The van der Waals surface area contributed by atoms with E-state index in [1.807, 2.05) is 13.1 Å². The standard InChI is InChI=1S/C17H21N3O3/c1-19-4-6-20(7-5-19)17(21)14(12-18)8-13-9-15(22-2)11-16(10-13)23-3/h8-11H,4-7H2,1-3H3/b14-8+. The van der Waals surface area contributed by atoms with E-state index >= 15 is 0 Å². The van der Waals surface area contributed by atoms with E-state index in [1.54, 1.807) is 43.4 Å². The Labute approximate surface area is 136 Å². The predicted molar refractivity (Wildman–Crippen MR) is 87.2 cm³/mol. The molecule has 1 fully saturated rings. The van der Waals surface area contributed by atoms with Crippen molar-refractivity contribution in [3.8, 4) is 17.6 Å². The van der Waals surface area contributed by atoms with Crippen LogP contribution in [0.2, 0.25) is 0 Å². The van der Waals surface area contributed by atoms with Crippen LogP contribution in [-0.2, 0) is 4.79 Å². The average Bonchev–Trinajstić information content (AvgIpc) is 2.59. The van der Waals surface area contributed by atoms with Gasteiger partial charge in [-0.2, -0.15) is 5.26 Å². The molecule has 0 N–H and O–H groups in total. The van der Waals surface area contributed by atoms with Crippen molar-refractivity contribution in [3.05, 3.63) is 29.3 Å². The van der Waals surface area contributed by atoms with E-state index in [0.717, 1.165) is 13.1 Å². The number of benzene rings is 1. The highest BCUT2D eigenvalue weighted by Gasteiger charge is 2.22. The van der Waals surface area contributed by atoms with Gasteiger partial charge in [-0.25, -0.2) is 0 Å². The van der Waals surface area contributed by atoms with Crippen molar-refractivity contribution in [2.24, 2.45) is 0 Å². The first-order valence-electron chi connectivity index (χ1n) is 7.40. The Morgan fingerprint density at radius 2 is 1.70 bits per heavy atom. The van der Waals surface area contributed by atoms with E-state index in [0.29, 0.717) is 30.2 Å². The molecule has 2 rings (SSSR count). The molecule has 1 heterocycles. The zero-order valence-electron chi connectivity index (χ0n) is 13.7. The first-order valence-corrected chi connectivity index (χ1v) is 7.40. The minimum absolute atomic E-state index is 0.116. The summed E-state index contributed by atoms with van der Waals surface area (Å²) in [5.41, 5.74) is 0.810. The molecule has 0 spiro atoms. The second-order valence-electron chi connectivity index (χ2n) is 5.41. The van der Waals surface area contributed by atoms with Crippen molar-refractivity contribution < 1.29 is 14.3 Å². The van der Waals surface area contributed by atoms with Crippen molar-refractivity contribution in [2.45, 2.75) is 0 Å². The van der Waals surface area contributed by atoms with Crippen molar-refractivity contribution in [3.63, 3.8) is 0 Å². The summed E-state index contributed by atoms with van der Waals surface area (Å²) in [6.45, 7) is 2.90. The van der Waals surface area contributed by atoms with Gasteiger partial charge in [0.15, 0.2) is 0 Å². The number of amides is 1. The van der Waals surface area contributed by atoms with Crippen LogP contribution in [0.15, 0.2) is 23.8 Å². The summed E-state index contributed by atoms with van der Waals surface area (Å²) >= 11 is 0. The van der Waals surface area contributed by atoms with Crippen LogP contribution in [0.4, 0.5) is 0 Å². The third kappa shape index (κ3) is 4.24. The number of hydrogen-bond donors (Lipinski definition) is 0. The van der Waals surface area contributed by atoms with Gasteiger partial charge in [0.1, 0.15) is 23.1 Å². The lowest BCUT2D eigenvalue weighted by Gasteiger charge is -2.32. The van der Waals surface area contributed by atoms with E-state index in [-0.39, 0.29) is 11.5 Å². The van der Waals surface area contributed by atoms with Crippen molar-refractivity contribution in [1.82, 2.24) is 9.80 Å². The molecule has 1 saturated heterocycles. The molecule has 0 radical (unpaired) electrons. The van der Waals surface area contributed by atoms with Gasteiger partial charge >= 0.3 is 0 Å². The van der Waals surface area contributed by atoms with Crippen LogP contribution >= 0.6 is 0 Å². The van der Waals surface area contributed by atoms with E-state index in [9.17, 15) is 10.1 Å². The fourth-order valence-electron chi connectivity index (χ4n) is 2.40. The normalized spacial score (nSPS) is 15.9. The molecule has 0 unspecified atom stereocenters. The third-order valence-electron chi connectivity index (χ3n) is 3.83. The lowest BCUT2D eigenvalue weighted by Crippen LogP contribution is -2.47. The van der Waals surface area contributed by atoms with Gasteiger partial charge in [0.25, 0.3) is 5.91 Å². The van der Waals surface area contributed by atoms with Gasteiger partial charge in [-0.1, -0.05) is 0 Å². The molecule has 1 aliphatic rings. The highest BCUT2D eigenvalue weighted by molar-refractivity contribution is 6.01. The summed E-state index contributed by atoms with van der Waals surface area (Å²) < 4.78 is 10.4. The average molecular weight is 315 g/mol. The number of nitrogens with zero attached hydrogens (tertiary/aromatic N) is 3. The Hall–Kier alpha value is -2.52. The van der Waals surface area contributed by atoms with Crippen LogP contribution in [0.1, 0.15) is 5.56 Å². The number of piperazine rings is 1. The van der Waals surface area contributed by atoms with E-state index < -0.39 is 0 Å². The topological polar surface area (TPSA) is 65.8 Å². The number of carbonyl (C=O) groups excluding carboxylic acids is 1. The highest BCUT2D eigenvalue weighted by Crippen LogP contribution is 2.24. The molecule has 0 bridgehead atoms. The molecule has 0 aromatic heterocycles. The molecule has 0 saturated carbocycles. The Kier molecular flexibility index (Phi) is 5.61. The molecule has 23 heavy (non-hydrogen) atoms. The van der Waals surface area contributed by atoms with Gasteiger partial charge in [0, 0.05) is 32.2 Å². The highest BCUT2D eigenvalue weighted by atomic mass is 16.5. The zero-order valence-corrected chi connectivity index (χ0v) is 13.7. The smallest absolute Gasteiger partial charge is 0.264 e. The fraction of sp³-hybridized carbons (Fsp3) is 0.412. The molecular formula is C17H21N3O3. The molecule has 6 heteroatoms. The fourth-order valence-corrected chi connectivity index (χ4v) is 2.40. The lowest BCUT2D eigenvalue weighted by atomic mass is 10.1. The Bertz CT molecular complexity index is 619. The van der Waals surface area contributed by atoms with Gasteiger partial charge in [-0.3, -0.25) is 4.79 Å². The van der Waals surface area contributed by atoms with Crippen LogP contribution in [0, 0.1) is 11.3 Å². The summed E-state index contributed by atoms with van der Waals surface area (Å²) in [6.07, 6.45) is 1.58. The summed E-state index contributed by atoms with van der Waals surface area (Å²) in [5, 5.41) is 9.35. The monoisotopic (exact) mass is 315 g/mol. The van der Waals surface area contributed by atoms with Crippen LogP contribution < -0.4 is 9.47 Å². The van der Waals surface area contributed by atoms with Crippen LogP contribution in [0.5, 0.6) is 11.5 Å². The SMILES string of the molecule is COc1cc(/C=C(\C#N)C(=O)N2CCN(C)CC2)cc(OC)c1. The molecule has 1 aromatic carbocycles. The molecule has 0 atom stereocenters. The van der Waals surface area contributed by atoms with E-state index in [4.69, 9.17) is 9.47 Å². The number of ether oxygens (including phenoxy) is 2. The minimum atomic E-state index is -0.234. The maximum atomic E-state index is 12.5. The zero-order chi connectivity index (χ0) is 16.8. The Morgan fingerprint density at radius 3 is 2.17 bits per heavy atom. The molecule has 1 aromatic rings. The number of methoxy groups -OCH3 is 2. The van der Waals surface area contributed by atoms with Gasteiger partial charge in [0.2, 0.25) is 0 Å². The molecule has 122 valence electrons. The second-order valence-corrected chi connectivity index (χ2v) is 5.41. The van der Waals surface area contributed by atoms with Gasteiger partial charge in [-0.15, -0.1) is 0 Å². The maximum Gasteiger partial charge on any atom is 0.264 e. The quantitative estimate of drug-likeness (QED) is 0.620. The van der Waals surface area contributed by atoms with Gasteiger partial charge in [0.05, 0.1) is 14.2 Å². The number of carbonyl (C=O) groups is 1. The summed E-state index contributed by atoms with van der Waals surface area (Å²) in [5.74, 6) is 0.988. The molecule has 1 amide bonds. The van der Waals surface area contributed by atoms with Crippen LogP contribution in [0.3, 0.4) is 0 Å². The van der Waals surface area contributed by atoms with Crippen molar-refractivity contribution in [2.75, 3.05) is 47.4 Å². The molecular weight excluding hydrogens is 294 g/mol. The first kappa shape index (κ1) is 16.8. The lowest BCUT2D eigenvalue weighted by molar-refractivity contribution is -0.128. The van der Waals surface area contributed by atoms with Crippen molar-refractivity contribution >= 4 is 12.0 Å².